The van der Waals surface area contributed by atoms with E-state index in [2.05, 4.69) is 48.9 Å². The Morgan fingerprint density at radius 1 is 1.05 bits per heavy atom. The van der Waals surface area contributed by atoms with Gasteiger partial charge in [0.2, 0.25) is 0 Å². The zero-order valence-corrected chi connectivity index (χ0v) is 12.6. The van der Waals surface area contributed by atoms with Gasteiger partial charge in [-0.25, -0.2) is 4.98 Å². The fraction of sp³-hybridized carbons (Fsp3) is 0.353. The lowest BCUT2D eigenvalue weighted by Crippen LogP contribution is -2.13. The third-order valence-electron chi connectivity index (χ3n) is 3.41. The standard InChI is InChI=1S/C17H22N2O/c1-5-15-9-14(11-20)10-17(18-15)19(4)16-7-12(2)6-13(3)8-16/h6-10,20H,5,11H2,1-4H3. The number of benzene rings is 1. The van der Waals surface area contributed by atoms with Gasteiger partial charge >= 0.3 is 0 Å². The largest absolute Gasteiger partial charge is 0.392 e. The molecule has 1 N–H and O–H groups in total. The van der Waals surface area contributed by atoms with E-state index in [1.165, 1.54) is 11.1 Å². The molecule has 0 aliphatic rings. The maximum absolute atomic E-state index is 9.38. The minimum atomic E-state index is 0.0448. The molecule has 0 spiro atoms. The molecule has 0 saturated carbocycles. The molecule has 0 atom stereocenters. The Balaban J connectivity index is 2.43. The van der Waals surface area contributed by atoms with Crippen LogP contribution in [0.2, 0.25) is 0 Å². The molecule has 0 saturated heterocycles. The van der Waals surface area contributed by atoms with Crippen LogP contribution in [-0.4, -0.2) is 17.1 Å². The molecule has 0 unspecified atom stereocenters. The van der Waals surface area contributed by atoms with E-state index in [0.29, 0.717) is 0 Å². The second kappa shape index (κ2) is 6.06. The quantitative estimate of drug-likeness (QED) is 0.923. The van der Waals surface area contributed by atoms with E-state index in [1.807, 2.05) is 19.2 Å². The Kier molecular flexibility index (Phi) is 4.40. The zero-order valence-electron chi connectivity index (χ0n) is 12.6. The number of aliphatic hydroxyl groups excluding tert-OH is 1. The molecule has 1 heterocycles. The van der Waals surface area contributed by atoms with Crippen LogP contribution in [0.25, 0.3) is 0 Å². The Morgan fingerprint density at radius 3 is 2.25 bits per heavy atom. The van der Waals surface area contributed by atoms with Crippen LogP contribution in [0.3, 0.4) is 0 Å². The minimum Gasteiger partial charge on any atom is -0.392 e. The first-order valence-corrected chi connectivity index (χ1v) is 6.96. The van der Waals surface area contributed by atoms with Crippen LogP contribution >= 0.6 is 0 Å². The van der Waals surface area contributed by atoms with E-state index >= 15 is 0 Å². The van der Waals surface area contributed by atoms with Gasteiger partial charge < -0.3 is 10.0 Å². The number of aromatic nitrogens is 1. The van der Waals surface area contributed by atoms with E-state index in [4.69, 9.17) is 0 Å². The number of hydrogen-bond acceptors (Lipinski definition) is 3. The van der Waals surface area contributed by atoms with Gasteiger partial charge in [0.25, 0.3) is 0 Å². The Bertz CT molecular complexity index is 565. The molecule has 3 heteroatoms. The highest BCUT2D eigenvalue weighted by Crippen LogP contribution is 2.25. The van der Waals surface area contributed by atoms with Crippen LogP contribution in [-0.2, 0) is 13.0 Å². The van der Waals surface area contributed by atoms with Crippen molar-refractivity contribution in [2.75, 3.05) is 11.9 Å². The SMILES string of the molecule is CCc1cc(CO)cc(N(C)c2cc(C)cc(C)c2)n1. The fourth-order valence-electron chi connectivity index (χ4n) is 2.35. The molecular formula is C17H22N2O. The fourth-order valence-corrected chi connectivity index (χ4v) is 2.35. The van der Waals surface area contributed by atoms with E-state index in [-0.39, 0.29) is 6.61 Å². The van der Waals surface area contributed by atoms with Crippen LogP contribution < -0.4 is 4.90 Å². The van der Waals surface area contributed by atoms with Crippen molar-refractivity contribution in [1.29, 1.82) is 0 Å². The smallest absolute Gasteiger partial charge is 0.133 e. The van der Waals surface area contributed by atoms with Gasteiger partial charge in [-0.05, 0) is 61.2 Å². The van der Waals surface area contributed by atoms with E-state index in [0.717, 1.165) is 29.2 Å². The minimum absolute atomic E-state index is 0.0448. The Morgan fingerprint density at radius 2 is 1.70 bits per heavy atom. The van der Waals surface area contributed by atoms with Gasteiger partial charge in [0.05, 0.1) is 6.61 Å². The van der Waals surface area contributed by atoms with E-state index in [1.54, 1.807) is 0 Å². The maximum atomic E-state index is 9.38. The molecule has 0 bridgehead atoms. The lowest BCUT2D eigenvalue weighted by Gasteiger charge is -2.21. The molecule has 0 radical (unpaired) electrons. The van der Waals surface area contributed by atoms with Crippen molar-refractivity contribution in [3.05, 3.63) is 52.7 Å². The third kappa shape index (κ3) is 3.17. The third-order valence-corrected chi connectivity index (χ3v) is 3.41. The number of aliphatic hydroxyl groups is 1. The van der Waals surface area contributed by atoms with Crippen molar-refractivity contribution in [3.63, 3.8) is 0 Å². The highest BCUT2D eigenvalue weighted by molar-refractivity contribution is 5.61. The van der Waals surface area contributed by atoms with Crippen molar-refractivity contribution < 1.29 is 5.11 Å². The summed E-state index contributed by atoms with van der Waals surface area (Å²) in [5, 5.41) is 9.38. The highest BCUT2D eigenvalue weighted by atomic mass is 16.3. The molecule has 0 aliphatic carbocycles. The van der Waals surface area contributed by atoms with E-state index < -0.39 is 0 Å². The summed E-state index contributed by atoms with van der Waals surface area (Å²) < 4.78 is 0. The number of nitrogens with zero attached hydrogens (tertiary/aromatic N) is 2. The highest BCUT2D eigenvalue weighted by Gasteiger charge is 2.09. The average molecular weight is 270 g/mol. The normalized spacial score (nSPS) is 10.7. The number of hydrogen-bond donors (Lipinski definition) is 1. The molecule has 3 nitrogen and oxygen atoms in total. The predicted molar refractivity (Wildman–Crippen MR) is 83.5 cm³/mol. The van der Waals surface area contributed by atoms with Crippen LogP contribution in [0, 0.1) is 13.8 Å². The second-order valence-electron chi connectivity index (χ2n) is 5.24. The molecule has 2 rings (SSSR count). The maximum Gasteiger partial charge on any atom is 0.133 e. The summed E-state index contributed by atoms with van der Waals surface area (Å²) in [5.74, 6) is 0.874. The summed E-state index contributed by atoms with van der Waals surface area (Å²) in [6.45, 7) is 6.31. The topological polar surface area (TPSA) is 36.4 Å². The lowest BCUT2D eigenvalue weighted by atomic mass is 10.1. The number of aryl methyl sites for hydroxylation is 3. The van der Waals surface area contributed by atoms with Crippen LogP contribution in [0.5, 0.6) is 0 Å². The van der Waals surface area contributed by atoms with Gasteiger partial charge in [-0.3, -0.25) is 0 Å². The monoisotopic (exact) mass is 270 g/mol. The Hall–Kier alpha value is -1.87. The summed E-state index contributed by atoms with van der Waals surface area (Å²) in [6.07, 6.45) is 0.863. The Labute approximate surface area is 120 Å². The summed E-state index contributed by atoms with van der Waals surface area (Å²) in [6, 6.07) is 10.3. The predicted octanol–water partition coefficient (Wildman–Crippen LogP) is 3.52. The van der Waals surface area contributed by atoms with Crippen LogP contribution in [0.15, 0.2) is 30.3 Å². The summed E-state index contributed by atoms with van der Waals surface area (Å²) in [7, 11) is 2.01. The van der Waals surface area contributed by atoms with Gasteiger partial charge in [-0.1, -0.05) is 13.0 Å². The van der Waals surface area contributed by atoms with Gasteiger partial charge in [0.15, 0.2) is 0 Å². The van der Waals surface area contributed by atoms with Crippen molar-refractivity contribution >= 4 is 11.5 Å². The van der Waals surface area contributed by atoms with Crippen molar-refractivity contribution in [2.45, 2.75) is 33.8 Å². The van der Waals surface area contributed by atoms with Crippen molar-refractivity contribution in [3.8, 4) is 0 Å². The zero-order chi connectivity index (χ0) is 14.7. The number of anilines is 2. The van der Waals surface area contributed by atoms with Gasteiger partial charge in [0, 0.05) is 18.4 Å². The first-order valence-electron chi connectivity index (χ1n) is 6.96. The molecular weight excluding hydrogens is 248 g/mol. The van der Waals surface area contributed by atoms with Crippen molar-refractivity contribution in [1.82, 2.24) is 4.98 Å². The molecule has 0 fully saturated rings. The van der Waals surface area contributed by atoms with Crippen LogP contribution in [0.1, 0.15) is 29.3 Å². The average Bonchev–Trinajstić information content (AvgIpc) is 2.44. The van der Waals surface area contributed by atoms with Crippen molar-refractivity contribution in [2.24, 2.45) is 0 Å². The number of pyridine rings is 1. The second-order valence-corrected chi connectivity index (χ2v) is 5.24. The van der Waals surface area contributed by atoms with Gasteiger partial charge in [-0.2, -0.15) is 0 Å². The summed E-state index contributed by atoms with van der Waals surface area (Å²) >= 11 is 0. The molecule has 1 aromatic carbocycles. The molecule has 20 heavy (non-hydrogen) atoms. The molecule has 106 valence electrons. The molecule has 2 aromatic rings. The van der Waals surface area contributed by atoms with Gasteiger partial charge in [-0.15, -0.1) is 0 Å². The van der Waals surface area contributed by atoms with Crippen LogP contribution in [0.4, 0.5) is 11.5 Å². The summed E-state index contributed by atoms with van der Waals surface area (Å²) in [5.41, 5.74) is 5.50. The molecule has 1 aromatic heterocycles. The number of rotatable bonds is 4. The molecule has 0 aliphatic heterocycles. The van der Waals surface area contributed by atoms with E-state index in [9.17, 15) is 5.11 Å². The lowest BCUT2D eigenvalue weighted by molar-refractivity contribution is 0.281. The molecule has 0 amide bonds. The van der Waals surface area contributed by atoms with Gasteiger partial charge in [0.1, 0.15) is 5.82 Å². The summed E-state index contributed by atoms with van der Waals surface area (Å²) in [4.78, 5) is 6.72. The first kappa shape index (κ1) is 14.5. The first-order chi connectivity index (χ1) is 9.53.